The van der Waals surface area contributed by atoms with E-state index in [-0.39, 0.29) is 17.6 Å². The molecule has 0 radical (unpaired) electrons. The van der Waals surface area contributed by atoms with Gasteiger partial charge in [-0.3, -0.25) is 4.79 Å². The lowest BCUT2D eigenvalue weighted by Crippen LogP contribution is -2.31. The third kappa shape index (κ3) is 4.66. The van der Waals surface area contributed by atoms with E-state index in [9.17, 15) is 9.18 Å². The normalized spacial score (nSPS) is 11.7. The Labute approximate surface area is 168 Å². The standard InChI is InChI=1S/C21H22FN5O2/c1-4-5-16(15-6-8-17(22)9-7-15)13-26(2)21(28)19-12-18(10-11-20(19)29-3)27-14-23-24-25-27/h4,6-12,14,16H,1,5,13H2,2-3H3. The Morgan fingerprint density at radius 2 is 2.07 bits per heavy atom. The van der Waals surface area contributed by atoms with Crippen molar-refractivity contribution in [2.45, 2.75) is 12.3 Å². The van der Waals surface area contributed by atoms with Gasteiger partial charge in [-0.15, -0.1) is 11.7 Å². The van der Waals surface area contributed by atoms with Gasteiger partial charge in [-0.25, -0.2) is 9.07 Å². The number of allylic oxidation sites excluding steroid dienone is 1. The fourth-order valence-corrected chi connectivity index (χ4v) is 3.16. The van der Waals surface area contributed by atoms with Crippen LogP contribution in [0.5, 0.6) is 5.75 Å². The summed E-state index contributed by atoms with van der Waals surface area (Å²) in [5, 5.41) is 11.1. The summed E-state index contributed by atoms with van der Waals surface area (Å²) in [5.41, 5.74) is 1.99. The van der Waals surface area contributed by atoms with Gasteiger partial charge in [-0.2, -0.15) is 0 Å². The number of aromatic nitrogens is 4. The van der Waals surface area contributed by atoms with E-state index in [0.717, 1.165) is 5.56 Å². The molecule has 150 valence electrons. The Balaban J connectivity index is 1.85. The van der Waals surface area contributed by atoms with Crippen molar-refractivity contribution in [2.24, 2.45) is 0 Å². The number of benzene rings is 2. The number of ether oxygens (including phenoxy) is 1. The molecule has 1 atom stereocenters. The van der Waals surface area contributed by atoms with Crippen LogP contribution in [0.15, 0.2) is 61.4 Å². The maximum Gasteiger partial charge on any atom is 0.257 e. The Kier molecular flexibility index (Phi) is 6.33. The Morgan fingerprint density at radius 1 is 1.31 bits per heavy atom. The van der Waals surface area contributed by atoms with Crippen LogP contribution >= 0.6 is 0 Å². The third-order valence-electron chi connectivity index (χ3n) is 4.66. The first-order chi connectivity index (χ1) is 14.0. The molecule has 0 fully saturated rings. The number of amides is 1. The fraction of sp³-hybridized carbons (Fsp3) is 0.238. The topological polar surface area (TPSA) is 73.1 Å². The Bertz CT molecular complexity index is 973. The van der Waals surface area contributed by atoms with Crippen LogP contribution in [0.4, 0.5) is 4.39 Å². The molecule has 0 spiro atoms. The minimum absolute atomic E-state index is 0.00394. The van der Waals surface area contributed by atoms with Gasteiger partial charge in [0.25, 0.3) is 5.91 Å². The molecule has 0 aliphatic heterocycles. The van der Waals surface area contributed by atoms with E-state index in [0.29, 0.717) is 30.0 Å². The van der Waals surface area contributed by atoms with Crippen molar-refractivity contribution in [3.05, 3.63) is 78.4 Å². The van der Waals surface area contributed by atoms with Gasteiger partial charge < -0.3 is 9.64 Å². The van der Waals surface area contributed by atoms with E-state index >= 15 is 0 Å². The maximum atomic E-state index is 13.3. The summed E-state index contributed by atoms with van der Waals surface area (Å²) in [6.45, 7) is 4.24. The highest BCUT2D eigenvalue weighted by Gasteiger charge is 2.21. The predicted octanol–water partition coefficient (Wildman–Crippen LogP) is 3.24. The molecule has 7 nitrogen and oxygen atoms in total. The number of halogens is 1. The van der Waals surface area contributed by atoms with Gasteiger partial charge in [0.15, 0.2) is 0 Å². The highest BCUT2D eigenvalue weighted by Crippen LogP contribution is 2.26. The molecule has 1 aromatic heterocycles. The smallest absolute Gasteiger partial charge is 0.257 e. The summed E-state index contributed by atoms with van der Waals surface area (Å²) in [6.07, 6.45) is 3.91. The number of hydrogen-bond donors (Lipinski definition) is 0. The summed E-state index contributed by atoms with van der Waals surface area (Å²) in [7, 11) is 3.24. The van der Waals surface area contributed by atoms with Gasteiger partial charge in [0.2, 0.25) is 0 Å². The monoisotopic (exact) mass is 395 g/mol. The number of tetrazole rings is 1. The zero-order valence-corrected chi connectivity index (χ0v) is 16.3. The Hall–Kier alpha value is -3.55. The molecule has 1 unspecified atom stereocenters. The van der Waals surface area contributed by atoms with E-state index in [4.69, 9.17) is 4.74 Å². The molecule has 0 aliphatic carbocycles. The van der Waals surface area contributed by atoms with Crippen molar-refractivity contribution in [1.29, 1.82) is 0 Å². The number of rotatable bonds is 8. The number of carbonyl (C=O) groups is 1. The fourth-order valence-electron chi connectivity index (χ4n) is 3.16. The van der Waals surface area contributed by atoms with E-state index in [1.807, 2.05) is 0 Å². The number of carbonyl (C=O) groups excluding carboxylic acids is 1. The van der Waals surface area contributed by atoms with Gasteiger partial charge in [-0.05, 0) is 52.7 Å². The van der Waals surface area contributed by atoms with Gasteiger partial charge >= 0.3 is 0 Å². The first-order valence-corrected chi connectivity index (χ1v) is 9.06. The number of likely N-dealkylation sites (N-methyl/N-ethyl adjacent to an activating group) is 1. The zero-order chi connectivity index (χ0) is 20.8. The molecule has 3 rings (SSSR count). The quantitative estimate of drug-likeness (QED) is 0.548. The minimum Gasteiger partial charge on any atom is -0.496 e. The number of hydrogen-bond acceptors (Lipinski definition) is 5. The lowest BCUT2D eigenvalue weighted by atomic mass is 9.95. The molecule has 1 heterocycles. The van der Waals surface area contributed by atoms with Gasteiger partial charge in [0.1, 0.15) is 17.9 Å². The second-order valence-electron chi connectivity index (χ2n) is 6.60. The predicted molar refractivity (Wildman–Crippen MR) is 107 cm³/mol. The molecule has 8 heteroatoms. The van der Waals surface area contributed by atoms with Crippen molar-refractivity contribution in [2.75, 3.05) is 20.7 Å². The summed E-state index contributed by atoms with van der Waals surface area (Å²) in [4.78, 5) is 14.8. The maximum absolute atomic E-state index is 13.3. The van der Waals surface area contributed by atoms with Crippen molar-refractivity contribution in [1.82, 2.24) is 25.1 Å². The first kappa shape index (κ1) is 20.2. The van der Waals surface area contributed by atoms with Crippen molar-refractivity contribution < 1.29 is 13.9 Å². The van der Waals surface area contributed by atoms with Crippen molar-refractivity contribution in [3.8, 4) is 11.4 Å². The largest absolute Gasteiger partial charge is 0.496 e. The summed E-state index contributed by atoms with van der Waals surface area (Å²) in [6, 6.07) is 11.5. The van der Waals surface area contributed by atoms with Gasteiger partial charge in [0, 0.05) is 19.5 Å². The van der Waals surface area contributed by atoms with Crippen LogP contribution in [-0.2, 0) is 0 Å². The third-order valence-corrected chi connectivity index (χ3v) is 4.66. The van der Waals surface area contributed by atoms with Crippen molar-refractivity contribution in [3.63, 3.8) is 0 Å². The molecule has 1 amide bonds. The molecule has 0 N–H and O–H groups in total. The van der Waals surface area contributed by atoms with Crippen LogP contribution in [0.25, 0.3) is 5.69 Å². The van der Waals surface area contributed by atoms with Gasteiger partial charge in [0.05, 0.1) is 18.4 Å². The molecule has 0 saturated carbocycles. The SMILES string of the molecule is C=CCC(CN(C)C(=O)c1cc(-n2cnnn2)ccc1OC)c1ccc(F)cc1. The molecular formula is C21H22FN5O2. The molecule has 29 heavy (non-hydrogen) atoms. The van der Waals surface area contributed by atoms with E-state index in [2.05, 4.69) is 22.1 Å². The highest BCUT2D eigenvalue weighted by molar-refractivity contribution is 5.97. The van der Waals surface area contributed by atoms with E-state index in [1.165, 1.54) is 30.3 Å². The average Bonchev–Trinajstić information content (AvgIpc) is 3.28. The van der Waals surface area contributed by atoms with Crippen LogP contribution in [0.3, 0.4) is 0 Å². The highest BCUT2D eigenvalue weighted by atomic mass is 19.1. The zero-order valence-electron chi connectivity index (χ0n) is 16.3. The lowest BCUT2D eigenvalue weighted by Gasteiger charge is -2.25. The van der Waals surface area contributed by atoms with Gasteiger partial charge in [-0.1, -0.05) is 18.2 Å². The molecule has 0 bridgehead atoms. The first-order valence-electron chi connectivity index (χ1n) is 9.06. The second-order valence-corrected chi connectivity index (χ2v) is 6.60. The second kappa shape index (κ2) is 9.09. The number of nitrogens with zero attached hydrogens (tertiary/aromatic N) is 5. The molecule has 3 aromatic rings. The van der Waals surface area contributed by atoms with Crippen LogP contribution < -0.4 is 4.74 Å². The average molecular weight is 395 g/mol. The van der Waals surface area contributed by atoms with Crippen molar-refractivity contribution >= 4 is 5.91 Å². The van der Waals surface area contributed by atoms with E-state index < -0.39 is 0 Å². The summed E-state index contributed by atoms with van der Waals surface area (Å²) < 4.78 is 20.1. The van der Waals surface area contributed by atoms with Crippen LogP contribution in [0.2, 0.25) is 0 Å². The summed E-state index contributed by atoms with van der Waals surface area (Å²) in [5.74, 6) is -0.0379. The molecule has 0 saturated heterocycles. The molecule has 0 aliphatic rings. The molecule has 2 aromatic carbocycles. The van der Waals surface area contributed by atoms with Crippen LogP contribution in [-0.4, -0.2) is 51.7 Å². The van der Waals surface area contributed by atoms with Crippen LogP contribution in [0.1, 0.15) is 28.3 Å². The minimum atomic E-state index is -0.292. The molecular weight excluding hydrogens is 373 g/mol. The number of methoxy groups -OCH3 is 1. The summed E-state index contributed by atoms with van der Waals surface area (Å²) >= 11 is 0. The van der Waals surface area contributed by atoms with Crippen LogP contribution in [0, 0.1) is 5.82 Å². The lowest BCUT2D eigenvalue weighted by molar-refractivity contribution is 0.0783. The van der Waals surface area contributed by atoms with E-state index in [1.54, 1.807) is 48.4 Å². The Morgan fingerprint density at radius 3 is 2.69 bits per heavy atom.